The van der Waals surface area contributed by atoms with E-state index < -0.39 is 17.9 Å². The number of thiophene rings is 1. The fraction of sp³-hybridized carbons (Fsp3) is 0.192. The number of nitrogens with zero attached hydrogens (tertiary/aromatic N) is 2. The fourth-order valence-corrected chi connectivity index (χ4v) is 6.07. The summed E-state index contributed by atoms with van der Waals surface area (Å²) in [6, 6.07) is 17.9. The van der Waals surface area contributed by atoms with Gasteiger partial charge in [0.2, 0.25) is 11.8 Å². The number of fused-ring (bicyclic) bond motifs is 5. The van der Waals surface area contributed by atoms with Crippen LogP contribution >= 0.6 is 11.3 Å². The Kier molecular flexibility index (Phi) is 4.20. The number of anilines is 1. The van der Waals surface area contributed by atoms with Gasteiger partial charge in [-0.05, 0) is 47.7 Å². The molecular weight excluding hydrogens is 420 g/mol. The topological polar surface area (TPSA) is 57.7 Å². The van der Waals surface area contributed by atoms with E-state index in [9.17, 15) is 14.4 Å². The summed E-state index contributed by atoms with van der Waals surface area (Å²) in [5, 5.41) is 1.86. The van der Waals surface area contributed by atoms with Crippen LogP contribution in [-0.4, -0.2) is 28.5 Å². The second-order valence-corrected chi connectivity index (χ2v) is 9.47. The Morgan fingerprint density at radius 1 is 0.906 bits per heavy atom. The molecule has 3 aromatic rings. The van der Waals surface area contributed by atoms with Gasteiger partial charge >= 0.3 is 0 Å². The minimum atomic E-state index is -0.723. The first-order chi connectivity index (χ1) is 15.6. The molecule has 3 aliphatic rings. The molecule has 2 amide bonds. The Morgan fingerprint density at radius 3 is 2.41 bits per heavy atom. The highest BCUT2D eigenvalue weighted by atomic mass is 32.1. The third-order valence-electron chi connectivity index (χ3n) is 6.79. The molecule has 0 N–H and O–H groups in total. The van der Waals surface area contributed by atoms with Crippen molar-refractivity contribution in [3.8, 4) is 0 Å². The SMILES string of the molecule is Cc1ccc(N2C(=O)[C@@H]3[C@H](C2=O)[C@H]2c4ccccc4C=CN2[C@H]3C(=O)c2cccs2)cc1. The van der Waals surface area contributed by atoms with Crippen LogP contribution in [0, 0.1) is 18.8 Å². The average Bonchev–Trinajstić information content (AvgIpc) is 3.51. The van der Waals surface area contributed by atoms with E-state index in [1.165, 1.54) is 16.2 Å². The molecule has 158 valence electrons. The molecule has 2 saturated heterocycles. The predicted molar refractivity (Wildman–Crippen MR) is 123 cm³/mol. The second-order valence-electron chi connectivity index (χ2n) is 8.52. The zero-order chi connectivity index (χ0) is 22.0. The lowest BCUT2D eigenvalue weighted by Crippen LogP contribution is -2.44. The summed E-state index contributed by atoms with van der Waals surface area (Å²) in [5.74, 6) is -1.96. The van der Waals surface area contributed by atoms with Crippen molar-refractivity contribution < 1.29 is 14.4 Å². The highest BCUT2D eigenvalue weighted by Gasteiger charge is 2.64. The molecule has 5 nitrogen and oxygen atoms in total. The van der Waals surface area contributed by atoms with Crippen molar-refractivity contribution in [2.75, 3.05) is 4.90 Å². The fourth-order valence-electron chi connectivity index (χ4n) is 5.37. The zero-order valence-electron chi connectivity index (χ0n) is 17.3. The van der Waals surface area contributed by atoms with Gasteiger partial charge < -0.3 is 4.90 Å². The minimum absolute atomic E-state index is 0.103. The number of aryl methyl sites for hydroxylation is 1. The molecular formula is C26H20N2O3S. The number of amides is 2. The summed E-state index contributed by atoms with van der Waals surface area (Å²) in [6.07, 6.45) is 3.85. The first-order valence-electron chi connectivity index (χ1n) is 10.6. The Bertz CT molecular complexity index is 1280. The van der Waals surface area contributed by atoms with Crippen LogP contribution in [-0.2, 0) is 9.59 Å². The van der Waals surface area contributed by atoms with Gasteiger partial charge in [0, 0.05) is 6.20 Å². The van der Waals surface area contributed by atoms with Crippen molar-refractivity contribution in [2.24, 2.45) is 11.8 Å². The van der Waals surface area contributed by atoms with Gasteiger partial charge in [-0.1, -0.05) is 48.0 Å². The number of imide groups is 1. The molecule has 3 aliphatic heterocycles. The van der Waals surface area contributed by atoms with Gasteiger partial charge in [0.05, 0.1) is 28.4 Å². The van der Waals surface area contributed by atoms with Crippen LogP contribution in [0.5, 0.6) is 0 Å². The van der Waals surface area contributed by atoms with Gasteiger partial charge in [-0.15, -0.1) is 11.3 Å². The summed E-state index contributed by atoms with van der Waals surface area (Å²) in [6.45, 7) is 1.96. The van der Waals surface area contributed by atoms with Gasteiger partial charge in [0.25, 0.3) is 0 Å². The van der Waals surface area contributed by atoms with E-state index in [1.807, 2.05) is 71.9 Å². The monoisotopic (exact) mass is 440 g/mol. The summed E-state index contributed by atoms with van der Waals surface area (Å²) < 4.78 is 0. The smallest absolute Gasteiger partial charge is 0.240 e. The third kappa shape index (κ3) is 2.59. The minimum Gasteiger partial charge on any atom is -0.358 e. The van der Waals surface area contributed by atoms with Crippen LogP contribution in [0.15, 0.2) is 72.2 Å². The van der Waals surface area contributed by atoms with E-state index in [4.69, 9.17) is 0 Å². The summed E-state index contributed by atoms with van der Waals surface area (Å²) in [7, 11) is 0. The second kappa shape index (κ2) is 7.00. The van der Waals surface area contributed by atoms with Crippen molar-refractivity contribution >= 4 is 40.7 Å². The molecule has 4 heterocycles. The number of benzene rings is 2. The zero-order valence-corrected chi connectivity index (χ0v) is 18.2. The maximum Gasteiger partial charge on any atom is 0.240 e. The number of carbonyl (C=O) groups is 3. The molecule has 0 bridgehead atoms. The largest absolute Gasteiger partial charge is 0.358 e. The number of Topliss-reactive ketones (excluding diaryl/α,β-unsaturated/α-hetero) is 1. The van der Waals surface area contributed by atoms with E-state index >= 15 is 0 Å². The van der Waals surface area contributed by atoms with Crippen LogP contribution in [0.25, 0.3) is 6.08 Å². The lowest BCUT2D eigenvalue weighted by Gasteiger charge is -2.35. The molecule has 1 aromatic heterocycles. The van der Waals surface area contributed by atoms with Crippen molar-refractivity contribution in [2.45, 2.75) is 19.0 Å². The van der Waals surface area contributed by atoms with Crippen LogP contribution in [0.2, 0.25) is 0 Å². The van der Waals surface area contributed by atoms with Crippen molar-refractivity contribution in [3.05, 3.63) is 93.8 Å². The average molecular weight is 441 g/mol. The summed E-state index contributed by atoms with van der Waals surface area (Å²) in [5.41, 5.74) is 3.62. The first kappa shape index (κ1) is 19.2. The van der Waals surface area contributed by atoms with Crippen LogP contribution in [0.4, 0.5) is 5.69 Å². The maximum atomic E-state index is 13.7. The van der Waals surface area contributed by atoms with Gasteiger partial charge in [-0.3, -0.25) is 14.4 Å². The van der Waals surface area contributed by atoms with Gasteiger partial charge in [-0.2, -0.15) is 0 Å². The highest BCUT2D eigenvalue weighted by molar-refractivity contribution is 7.12. The van der Waals surface area contributed by atoms with E-state index in [0.29, 0.717) is 10.6 Å². The number of hydrogen-bond acceptors (Lipinski definition) is 5. The van der Waals surface area contributed by atoms with Crippen LogP contribution in [0.1, 0.15) is 32.4 Å². The normalized spacial score (nSPS) is 25.7. The molecule has 0 spiro atoms. The maximum absolute atomic E-state index is 13.7. The molecule has 0 radical (unpaired) electrons. The van der Waals surface area contributed by atoms with E-state index in [-0.39, 0.29) is 23.6 Å². The first-order valence-corrected chi connectivity index (χ1v) is 11.5. The number of rotatable bonds is 3. The van der Waals surface area contributed by atoms with E-state index in [1.54, 1.807) is 18.2 Å². The molecule has 2 fully saturated rings. The lowest BCUT2D eigenvalue weighted by molar-refractivity contribution is -0.123. The predicted octanol–water partition coefficient (Wildman–Crippen LogP) is 4.45. The standard InChI is InChI=1S/C26H20N2O3S/c1-15-8-10-17(11-9-15)28-25(30)20-21(26(28)31)23(24(29)19-7-4-14-32-19)27-13-12-16-5-2-3-6-18(16)22(20)27/h2-14,20-23H,1H3/t20-,21+,22+,23+/m0/s1. The molecule has 2 aromatic carbocycles. The van der Waals surface area contributed by atoms with E-state index in [0.717, 1.165) is 16.7 Å². The van der Waals surface area contributed by atoms with Gasteiger partial charge in [0.15, 0.2) is 5.78 Å². The van der Waals surface area contributed by atoms with Gasteiger partial charge in [0.1, 0.15) is 6.04 Å². The summed E-state index contributed by atoms with van der Waals surface area (Å²) >= 11 is 1.37. The third-order valence-corrected chi connectivity index (χ3v) is 7.67. The summed E-state index contributed by atoms with van der Waals surface area (Å²) in [4.78, 5) is 44.9. The van der Waals surface area contributed by atoms with Crippen LogP contribution in [0.3, 0.4) is 0 Å². The molecule has 32 heavy (non-hydrogen) atoms. The number of carbonyl (C=O) groups excluding carboxylic acids is 3. The lowest BCUT2D eigenvalue weighted by atomic mass is 9.84. The molecule has 0 unspecified atom stereocenters. The Morgan fingerprint density at radius 2 is 1.66 bits per heavy atom. The Labute approximate surface area is 189 Å². The molecule has 6 heteroatoms. The van der Waals surface area contributed by atoms with Crippen LogP contribution < -0.4 is 4.90 Å². The number of ketones is 1. The molecule has 0 saturated carbocycles. The van der Waals surface area contributed by atoms with Crippen molar-refractivity contribution in [3.63, 3.8) is 0 Å². The quantitative estimate of drug-likeness (QED) is 0.446. The molecule has 6 rings (SSSR count). The molecule has 4 atom stereocenters. The Hall–Kier alpha value is -3.51. The van der Waals surface area contributed by atoms with E-state index in [2.05, 4.69) is 0 Å². The van der Waals surface area contributed by atoms with Crippen molar-refractivity contribution in [1.82, 2.24) is 4.90 Å². The van der Waals surface area contributed by atoms with Crippen molar-refractivity contribution in [1.29, 1.82) is 0 Å². The Balaban J connectivity index is 1.50. The number of hydrogen-bond donors (Lipinski definition) is 0. The van der Waals surface area contributed by atoms with Gasteiger partial charge in [-0.25, -0.2) is 4.90 Å². The highest BCUT2D eigenvalue weighted by Crippen LogP contribution is 2.53. The molecule has 0 aliphatic carbocycles.